The molecule has 0 saturated heterocycles. The van der Waals surface area contributed by atoms with Gasteiger partial charge in [0.05, 0.1) is 18.8 Å². The van der Waals surface area contributed by atoms with E-state index in [0.29, 0.717) is 6.61 Å². The minimum absolute atomic E-state index is 0.105. The fourth-order valence-corrected chi connectivity index (χ4v) is 1.96. The van der Waals surface area contributed by atoms with E-state index in [-0.39, 0.29) is 11.5 Å². The molecule has 3 heteroatoms. The standard InChI is InChI=1S/C14H21NO2/c1-14(2,3)10-5-6-13-12(7-10)15-8-11(17-13)9-16-4/h5-7,11,15H,8-9H2,1-4H3. The molecule has 0 amide bonds. The molecule has 0 fully saturated rings. The van der Waals surface area contributed by atoms with Crippen LogP contribution in [0.2, 0.25) is 0 Å². The van der Waals surface area contributed by atoms with Gasteiger partial charge in [-0.3, -0.25) is 0 Å². The molecule has 0 saturated carbocycles. The second-order valence-corrected chi connectivity index (χ2v) is 5.54. The van der Waals surface area contributed by atoms with Crippen molar-refractivity contribution in [2.24, 2.45) is 0 Å². The molecule has 1 atom stereocenters. The number of fused-ring (bicyclic) bond motifs is 1. The average molecular weight is 235 g/mol. The molecule has 1 aliphatic heterocycles. The highest BCUT2D eigenvalue weighted by Gasteiger charge is 2.21. The molecule has 94 valence electrons. The van der Waals surface area contributed by atoms with Gasteiger partial charge in [0.25, 0.3) is 0 Å². The molecular weight excluding hydrogens is 214 g/mol. The monoisotopic (exact) mass is 235 g/mol. The van der Waals surface area contributed by atoms with Crippen LogP contribution in [0.1, 0.15) is 26.3 Å². The smallest absolute Gasteiger partial charge is 0.143 e. The highest BCUT2D eigenvalue weighted by atomic mass is 16.5. The van der Waals surface area contributed by atoms with Gasteiger partial charge < -0.3 is 14.8 Å². The predicted octanol–water partition coefficient (Wildman–Crippen LogP) is 2.80. The molecule has 1 unspecified atom stereocenters. The summed E-state index contributed by atoms with van der Waals surface area (Å²) in [6.45, 7) is 8.06. The van der Waals surface area contributed by atoms with Crippen LogP contribution in [0.5, 0.6) is 5.75 Å². The zero-order valence-electron chi connectivity index (χ0n) is 11.0. The molecule has 1 aromatic carbocycles. The molecule has 0 bridgehead atoms. The number of anilines is 1. The molecule has 0 spiro atoms. The largest absolute Gasteiger partial charge is 0.484 e. The Kier molecular flexibility index (Phi) is 3.29. The van der Waals surface area contributed by atoms with Gasteiger partial charge in [0.2, 0.25) is 0 Å². The number of hydrogen-bond acceptors (Lipinski definition) is 3. The lowest BCUT2D eigenvalue weighted by molar-refractivity contribution is 0.0847. The normalized spacial score (nSPS) is 19.2. The van der Waals surface area contributed by atoms with Crippen LogP contribution in [0.4, 0.5) is 5.69 Å². The van der Waals surface area contributed by atoms with E-state index in [1.807, 2.05) is 6.07 Å². The minimum atomic E-state index is 0.105. The molecule has 0 aliphatic carbocycles. The van der Waals surface area contributed by atoms with Crippen molar-refractivity contribution in [2.75, 3.05) is 25.6 Å². The second kappa shape index (κ2) is 4.57. The van der Waals surface area contributed by atoms with Crippen molar-refractivity contribution in [3.8, 4) is 5.75 Å². The number of hydrogen-bond donors (Lipinski definition) is 1. The van der Waals surface area contributed by atoms with Gasteiger partial charge in [-0.25, -0.2) is 0 Å². The van der Waals surface area contributed by atoms with Crippen molar-refractivity contribution in [3.63, 3.8) is 0 Å². The number of benzene rings is 1. The van der Waals surface area contributed by atoms with Gasteiger partial charge in [0.1, 0.15) is 11.9 Å². The van der Waals surface area contributed by atoms with Crippen LogP contribution in [0.3, 0.4) is 0 Å². The Hall–Kier alpha value is -1.22. The van der Waals surface area contributed by atoms with Gasteiger partial charge >= 0.3 is 0 Å². The van der Waals surface area contributed by atoms with E-state index < -0.39 is 0 Å². The van der Waals surface area contributed by atoms with Crippen LogP contribution in [-0.4, -0.2) is 26.4 Å². The Morgan fingerprint density at radius 1 is 1.41 bits per heavy atom. The summed E-state index contributed by atoms with van der Waals surface area (Å²) in [5, 5.41) is 3.40. The highest BCUT2D eigenvalue weighted by molar-refractivity contribution is 5.60. The second-order valence-electron chi connectivity index (χ2n) is 5.54. The van der Waals surface area contributed by atoms with Crippen molar-refractivity contribution in [1.82, 2.24) is 0 Å². The molecule has 2 rings (SSSR count). The van der Waals surface area contributed by atoms with Crippen molar-refractivity contribution in [1.29, 1.82) is 0 Å². The molecule has 0 aromatic heterocycles. The van der Waals surface area contributed by atoms with Crippen molar-refractivity contribution >= 4 is 5.69 Å². The van der Waals surface area contributed by atoms with Crippen LogP contribution in [0.25, 0.3) is 0 Å². The SMILES string of the molecule is COCC1CNc2cc(C(C)(C)C)ccc2O1. The van der Waals surface area contributed by atoms with Crippen molar-refractivity contribution in [2.45, 2.75) is 32.3 Å². The Labute approximate surface area is 103 Å². The van der Waals surface area contributed by atoms with Gasteiger partial charge in [-0.1, -0.05) is 26.8 Å². The van der Waals surface area contributed by atoms with E-state index in [0.717, 1.165) is 18.0 Å². The lowest BCUT2D eigenvalue weighted by atomic mass is 9.86. The Morgan fingerprint density at radius 2 is 2.18 bits per heavy atom. The third-order valence-corrected chi connectivity index (χ3v) is 3.01. The Morgan fingerprint density at radius 3 is 2.82 bits per heavy atom. The first kappa shape index (κ1) is 12.2. The molecule has 1 N–H and O–H groups in total. The molecule has 1 aliphatic rings. The summed E-state index contributed by atoms with van der Waals surface area (Å²) >= 11 is 0. The molecule has 1 heterocycles. The maximum atomic E-state index is 5.85. The lowest BCUT2D eigenvalue weighted by Gasteiger charge is -2.29. The van der Waals surface area contributed by atoms with Crippen LogP contribution in [-0.2, 0) is 10.2 Å². The van der Waals surface area contributed by atoms with E-state index >= 15 is 0 Å². The number of rotatable bonds is 2. The fourth-order valence-electron chi connectivity index (χ4n) is 1.96. The molecule has 1 aromatic rings. The first-order chi connectivity index (χ1) is 8.00. The van der Waals surface area contributed by atoms with Crippen LogP contribution < -0.4 is 10.1 Å². The molecule has 3 nitrogen and oxygen atoms in total. The summed E-state index contributed by atoms with van der Waals surface area (Å²) in [5.74, 6) is 0.923. The molecule has 17 heavy (non-hydrogen) atoms. The van der Waals surface area contributed by atoms with E-state index in [2.05, 4.69) is 38.2 Å². The maximum absolute atomic E-state index is 5.85. The summed E-state index contributed by atoms with van der Waals surface area (Å²) in [7, 11) is 1.70. The maximum Gasteiger partial charge on any atom is 0.143 e. The number of ether oxygens (including phenoxy) is 2. The zero-order valence-corrected chi connectivity index (χ0v) is 11.0. The summed E-state index contributed by atoms with van der Waals surface area (Å²) in [6.07, 6.45) is 0.105. The van der Waals surface area contributed by atoms with E-state index in [1.54, 1.807) is 7.11 Å². The summed E-state index contributed by atoms with van der Waals surface area (Å²) < 4.78 is 11.0. The highest BCUT2D eigenvalue weighted by Crippen LogP contribution is 2.34. The van der Waals surface area contributed by atoms with Crippen molar-refractivity contribution < 1.29 is 9.47 Å². The lowest BCUT2D eigenvalue weighted by Crippen LogP contribution is -2.34. The first-order valence-corrected chi connectivity index (χ1v) is 6.04. The van der Waals surface area contributed by atoms with Crippen molar-refractivity contribution in [3.05, 3.63) is 23.8 Å². The van der Waals surface area contributed by atoms with E-state index in [9.17, 15) is 0 Å². The third-order valence-electron chi connectivity index (χ3n) is 3.01. The fraction of sp³-hybridized carbons (Fsp3) is 0.571. The Bertz CT molecular complexity index is 396. The number of methoxy groups -OCH3 is 1. The van der Waals surface area contributed by atoms with Gasteiger partial charge in [-0.2, -0.15) is 0 Å². The molecule has 0 radical (unpaired) electrons. The van der Waals surface area contributed by atoms with Gasteiger partial charge in [0.15, 0.2) is 0 Å². The van der Waals surface area contributed by atoms with Crippen LogP contribution in [0, 0.1) is 0 Å². The van der Waals surface area contributed by atoms with Crippen LogP contribution >= 0.6 is 0 Å². The number of nitrogens with one attached hydrogen (secondary N) is 1. The Balaban J connectivity index is 2.20. The quantitative estimate of drug-likeness (QED) is 0.855. The van der Waals surface area contributed by atoms with Crippen LogP contribution in [0.15, 0.2) is 18.2 Å². The summed E-state index contributed by atoms with van der Waals surface area (Å²) in [6, 6.07) is 6.36. The van der Waals surface area contributed by atoms with E-state index in [1.165, 1.54) is 5.56 Å². The topological polar surface area (TPSA) is 30.5 Å². The minimum Gasteiger partial charge on any atom is -0.484 e. The van der Waals surface area contributed by atoms with Gasteiger partial charge in [0, 0.05) is 7.11 Å². The summed E-state index contributed by atoms with van der Waals surface area (Å²) in [5.41, 5.74) is 2.57. The van der Waals surface area contributed by atoms with E-state index in [4.69, 9.17) is 9.47 Å². The molecular formula is C14H21NO2. The third kappa shape index (κ3) is 2.72. The van der Waals surface area contributed by atoms with Gasteiger partial charge in [-0.15, -0.1) is 0 Å². The van der Waals surface area contributed by atoms with Gasteiger partial charge in [-0.05, 0) is 23.1 Å². The zero-order chi connectivity index (χ0) is 12.5. The predicted molar refractivity (Wildman–Crippen MR) is 69.9 cm³/mol. The average Bonchev–Trinajstić information content (AvgIpc) is 2.27. The summed E-state index contributed by atoms with van der Waals surface area (Å²) in [4.78, 5) is 0. The first-order valence-electron chi connectivity index (χ1n) is 6.04.